The smallest absolute Gasteiger partial charge is 0.221 e. The maximum Gasteiger partial charge on any atom is 0.221 e. The number of fused-ring (bicyclic) bond motifs is 1. The van der Waals surface area contributed by atoms with Gasteiger partial charge in [-0.3, -0.25) is 4.79 Å². The van der Waals surface area contributed by atoms with Crippen LogP contribution in [0.3, 0.4) is 0 Å². The number of carbonyl (C=O) groups is 1. The van der Waals surface area contributed by atoms with E-state index in [2.05, 4.69) is 11.9 Å². The SMILES string of the molecule is CCCCn1c(C(=O)/C=C/c2ccc(Cl)cc2)nc2ccccc21. The van der Waals surface area contributed by atoms with Crippen molar-refractivity contribution in [2.45, 2.75) is 26.3 Å². The number of benzene rings is 2. The van der Waals surface area contributed by atoms with Crippen molar-refractivity contribution in [2.24, 2.45) is 0 Å². The lowest BCUT2D eigenvalue weighted by atomic mass is 10.2. The number of aromatic nitrogens is 2. The van der Waals surface area contributed by atoms with E-state index >= 15 is 0 Å². The van der Waals surface area contributed by atoms with Crippen molar-refractivity contribution in [1.29, 1.82) is 0 Å². The normalized spacial score (nSPS) is 11.4. The molecule has 0 spiro atoms. The standard InChI is InChI=1S/C20H19ClN2O/c1-2-3-14-23-18-7-5-4-6-17(18)22-20(23)19(24)13-10-15-8-11-16(21)12-9-15/h4-13H,2-3,14H2,1H3/b13-10+. The molecule has 122 valence electrons. The molecule has 1 aromatic heterocycles. The molecule has 0 bridgehead atoms. The lowest BCUT2D eigenvalue weighted by Crippen LogP contribution is -2.08. The molecule has 0 aliphatic rings. The maximum atomic E-state index is 12.6. The van der Waals surface area contributed by atoms with E-state index in [-0.39, 0.29) is 5.78 Å². The predicted molar refractivity (Wildman–Crippen MR) is 99.5 cm³/mol. The van der Waals surface area contributed by atoms with Gasteiger partial charge in [0.2, 0.25) is 5.78 Å². The average Bonchev–Trinajstić information content (AvgIpc) is 2.98. The van der Waals surface area contributed by atoms with Crippen LogP contribution in [0.1, 0.15) is 35.9 Å². The van der Waals surface area contributed by atoms with Crippen LogP contribution in [0.2, 0.25) is 5.02 Å². The number of para-hydroxylation sites is 2. The molecule has 0 N–H and O–H groups in total. The van der Waals surface area contributed by atoms with Crippen molar-refractivity contribution in [3.05, 3.63) is 71.0 Å². The topological polar surface area (TPSA) is 34.9 Å². The molecule has 0 fully saturated rings. The van der Waals surface area contributed by atoms with Gasteiger partial charge in [-0.2, -0.15) is 0 Å². The van der Waals surface area contributed by atoms with Crippen molar-refractivity contribution in [2.75, 3.05) is 0 Å². The zero-order chi connectivity index (χ0) is 16.9. The number of unbranched alkanes of at least 4 members (excludes halogenated alkanes) is 1. The summed E-state index contributed by atoms with van der Waals surface area (Å²) in [6, 6.07) is 15.2. The van der Waals surface area contributed by atoms with E-state index in [1.807, 2.05) is 53.1 Å². The second-order valence-electron chi connectivity index (χ2n) is 5.68. The van der Waals surface area contributed by atoms with Gasteiger partial charge in [-0.05, 0) is 42.3 Å². The van der Waals surface area contributed by atoms with Crippen LogP contribution >= 0.6 is 11.6 Å². The number of hydrogen-bond donors (Lipinski definition) is 0. The molecule has 0 aliphatic carbocycles. The molecule has 0 atom stereocenters. The summed E-state index contributed by atoms with van der Waals surface area (Å²) in [4.78, 5) is 17.2. The Labute approximate surface area is 146 Å². The second-order valence-corrected chi connectivity index (χ2v) is 6.11. The zero-order valence-electron chi connectivity index (χ0n) is 13.6. The molecule has 0 aliphatic heterocycles. The largest absolute Gasteiger partial charge is 0.321 e. The highest BCUT2D eigenvalue weighted by molar-refractivity contribution is 6.30. The highest BCUT2D eigenvalue weighted by Crippen LogP contribution is 2.18. The Bertz CT molecular complexity index is 878. The van der Waals surface area contributed by atoms with E-state index < -0.39 is 0 Å². The van der Waals surface area contributed by atoms with Gasteiger partial charge in [0.1, 0.15) is 0 Å². The summed E-state index contributed by atoms with van der Waals surface area (Å²) in [5.41, 5.74) is 2.80. The number of hydrogen-bond acceptors (Lipinski definition) is 2. The fraction of sp³-hybridized carbons (Fsp3) is 0.200. The first-order chi connectivity index (χ1) is 11.7. The van der Waals surface area contributed by atoms with Crippen LogP contribution < -0.4 is 0 Å². The first-order valence-corrected chi connectivity index (χ1v) is 8.50. The van der Waals surface area contributed by atoms with Crippen molar-refractivity contribution >= 4 is 34.5 Å². The van der Waals surface area contributed by atoms with Gasteiger partial charge in [-0.25, -0.2) is 4.98 Å². The highest BCUT2D eigenvalue weighted by Gasteiger charge is 2.14. The van der Waals surface area contributed by atoms with E-state index in [1.54, 1.807) is 12.2 Å². The van der Waals surface area contributed by atoms with E-state index in [4.69, 9.17) is 11.6 Å². The Morgan fingerprint density at radius 3 is 2.67 bits per heavy atom. The lowest BCUT2D eigenvalue weighted by Gasteiger charge is -2.06. The Morgan fingerprint density at radius 2 is 1.92 bits per heavy atom. The molecular formula is C20H19ClN2O. The molecule has 0 amide bonds. The first kappa shape index (κ1) is 16.5. The van der Waals surface area contributed by atoms with E-state index in [1.165, 1.54) is 0 Å². The van der Waals surface area contributed by atoms with Crippen LogP contribution in [0.5, 0.6) is 0 Å². The van der Waals surface area contributed by atoms with Crippen LogP contribution in [0.4, 0.5) is 0 Å². The maximum absolute atomic E-state index is 12.6. The molecule has 0 saturated heterocycles. The highest BCUT2D eigenvalue weighted by atomic mass is 35.5. The number of imidazole rings is 1. The number of rotatable bonds is 6. The van der Waals surface area contributed by atoms with Gasteiger partial charge >= 0.3 is 0 Å². The summed E-state index contributed by atoms with van der Waals surface area (Å²) in [5.74, 6) is 0.409. The lowest BCUT2D eigenvalue weighted by molar-refractivity contribution is 0.103. The van der Waals surface area contributed by atoms with Gasteiger partial charge < -0.3 is 4.57 Å². The number of halogens is 1. The van der Waals surface area contributed by atoms with Crippen LogP contribution in [0.15, 0.2) is 54.6 Å². The Kier molecular flexibility index (Phi) is 5.11. The molecule has 3 rings (SSSR count). The van der Waals surface area contributed by atoms with Crippen LogP contribution in [0.25, 0.3) is 17.1 Å². The number of allylic oxidation sites excluding steroid dienone is 1. The number of carbonyl (C=O) groups excluding carboxylic acids is 1. The Balaban J connectivity index is 1.92. The molecular weight excluding hydrogens is 320 g/mol. The Hall–Kier alpha value is -2.39. The van der Waals surface area contributed by atoms with E-state index in [9.17, 15) is 4.79 Å². The fourth-order valence-electron chi connectivity index (χ4n) is 2.63. The van der Waals surface area contributed by atoms with Crippen LogP contribution in [-0.2, 0) is 6.54 Å². The van der Waals surface area contributed by atoms with Gasteiger partial charge in [-0.15, -0.1) is 0 Å². The molecule has 1 heterocycles. The second kappa shape index (κ2) is 7.45. The molecule has 0 saturated carbocycles. The molecule has 2 aromatic carbocycles. The molecule has 0 unspecified atom stereocenters. The third-order valence-corrected chi connectivity index (χ3v) is 4.16. The molecule has 4 heteroatoms. The quantitative estimate of drug-likeness (QED) is 0.446. The van der Waals surface area contributed by atoms with Gasteiger partial charge in [-0.1, -0.05) is 55.3 Å². The number of aryl methyl sites for hydroxylation is 1. The fourth-order valence-corrected chi connectivity index (χ4v) is 2.75. The monoisotopic (exact) mass is 338 g/mol. The minimum atomic E-state index is -0.0859. The summed E-state index contributed by atoms with van der Waals surface area (Å²) >= 11 is 5.88. The average molecular weight is 339 g/mol. The van der Waals surface area contributed by atoms with Crippen LogP contribution in [-0.4, -0.2) is 15.3 Å². The predicted octanol–water partition coefficient (Wildman–Crippen LogP) is 5.39. The molecule has 0 radical (unpaired) electrons. The van der Waals surface area contributed by atoms with Gasteiger partial charge in [0.25, 0.3) is 0 Å². The van der Waals surface area contributed by atoms with Crippen LogP contribution in [0, 0.1) is 0 Å². The summed E-state index contributed by atoms with van der Waals surface area (Å²) in [6.07, 6.45) is 5.46. The molecule has 3 aromatic rings. The minimum Gasteiger partial charge on any atom is -0.321 e. The van der Waals surface area contributed by atoms with Gasteiger partial charge in [0, 0.05) is 11.6 Å². The van der Waals surface area contributed by atoms with Gasteiger partial charge in [0.05, 0.1) is 11.0 Å². The van der Waals surface area contributed by atoms with Crippen molar-refractivity contribution in [3.63, 3.8) is 0 Å². The first-order valence-electron chi connectivity index (χ1n) is 8.12. The third kappa shape index (κ3) is 3.57. The van der Waals surface area contributed by atoms with Crippen molar-refractivity contribution in [1.82, 2.24) is 9.55 Å². The Morgan fingerprint density at radius 1 is 1.17 bits per heavy atom. The molecule has 24 heavy (non-hydrogen) atoms. The van der Waals surface area contributed by atoms with Crippen molar-refractivity contribution in [3.8, 4) is 0 Å². The van der Waals surface area contributed by atoms with Crippen molar-refractivity contribution < 1.29 is 4.79 Å². The summed E-state index contributed by atoms with van der Waals surface area (Å²) in [6.45, 7) is 2.94. The van der Waals surface area contributed by atoms with Gasteiger partial charge in [0.15, 0.2) is 5.82 Å². The summed E-state index contributed by atoms with van der Waals surface area (Å²) in [7, 11) is 0. The van der Waals surface area contributed by atoms with E-state index in [0.717, 1.165) is 36.0 Å². The third-order valence-electron chi connectivity index (χ3n) is 3.91. The van der Waals surface area contributed by atoms with E-state index in [0.29, 0.717) is 10.8 Å². The summed E-state index contributed by atoms with van der Waals surface area (Å²) < 4.78 is 2.02. The number of nitrogens with zero attached hydrogens (tertiary/aromatic N) is 2. The zero-order valence-corrected chi connectivity index (χ0v) is 14.3. The number of ketones is 1. The molecule has 3 nitrogen and oxygen atoms in total. The summed E-state index contributed by atoms with van der Waals surface area (Å²) in [5, 5.41) is 0.680. The minimum absolute atomic E-state index is 0.0859.